The third-order valence-corrected chi connectivity index (χ3v) is 4.69. The summed E-state index contributed by atoms with van der Waals surface area (Å²) in [7, 11) is 0. The first kappa shape index (κ1) is 12.7. The van der Waals surface area contributed by atoms with Gasteiger partial charge in [0.2, 0.25) is 0 Å². The molecule has 5 heteroatoms. The van der Waals surface area contributed by atoms with Crippen molar-refractivity contribution in [2.45, 2.75) is 44.6 Å². The van der Waals surface area contributed by atoms with E-state index in [0.29, 0.717) is 10.9 Å². The SMILES string of the molecule is O=C(COC(=O)c1cc2c(s1)CCCC2)NC1CC1. The van der Waals surface area contributed by atoms with Crippen LogP contribution in [0.4, 0.5) is 0 Å². The molecule has 2 aliphatic carbocycles. The number of fused-ring (bicyclic) bond motifs is 1. The predicted octanol–water partition coefficient (Wildman–Crippen LogP) is 2.06. The van der Waals surface area contributed by atoms with Crippen LogP contribution in [0.5, 0.6) is 0 Å². The molecule has 102 valence electrons. The van der Waals surface area contributed by atoms with Crippen LogP contribution in [0.15, 0.2) is 6.07 Å². The van der Waals surface area contributed by atoms with E-state index in [1.54, 1.807) is 0 Å². The number of thiophene rings is 1. The lowest BCUT2D eigenvalue weighted by atomic mass is 9.99. The minimum Gasteiger partial charge on any atom is -0.451 e. The molecule has 2 aliphatic rings. The van der Waals surface area contributed by atoms with Crippen molar-refractivity contribution in [1.82, 2.24) is 5.32 Å². The first-order valence-corrected chi connectivity index (χ1v) is 7.62. The summed E-state index contributed by atoms with van der Waals surface area (Å²) < 4.78 is 5.06. The molecule has 1 N–H and O–H groups in total. The number of amides is 1. The van der Waals surface area contributed by atoms with Gasteiger partial charge in [-0.2, -0.15) is 0 Å². The highest BCUT2D eigenvalue weighted by atomic mass is 32.1. The largest absolute Gasteiger partial charge is 0.451 e. The second-order valence-electron chi connectivity index (χ2n) is 5.18. The zero-order valence-electron chi connectivity index (χ0n) is 10.7. The molecule has 1 aromatic rings. The van der Waals surface area contributed by atoms with E-state index in [9.17, 15) is 9.59 Å². The first-order valence-electron chi connectivity index (χ1n) is 6.80. The molecule has 0 spiro atoms. The molecule has 0 aliphatic heterocycles. The van der Waals surface area contributed by atoms with E-state index in [-0.39, 0.29) is 18.5 Å². The average molecular weight is 279 g/mol. The Bertz CT molecular complexity index is 481. The number of esters is 1. The molecule has 0 saturated heterocycles. The maximum absolute atomic E-state index is 11.9. The molecule has 0 bridgehead atoms. The molecular weight excluding hydrogens is 262 g/mol. The topological polar surface area (TPSA) is 55.4 Å². The van der Waals surface area contributed by atoms with Crippen LogP contribution in [0.1, 0.15) is 45.8 Å². The van der Waals surface area contributed by atoms with Gasteiger partial charge in [-0.15, -0.1) is 11.3 Å². The molecule has 0 unspecified atom stereocenters. The Kier molecular flexibility index (Phi) is 3.55. The predicted molar refractivity (Wildman–Crippen MR) is 72.4 cm³/mol. The van der Waals surface area contributed by atoms with Gasteiger partial charge < -0.3 is 10.1 Å². The van der Waals surface area contributed by atoms with E-state index in [2.05, 4.69) is 5.32 Å². The number of hydrogen-bond donors (Lipinski definition) is 1. The molecule has 0 aromatic carbocycles. The fraction of sp³-hybridized carbons (Fsp3) is 0.571. The lowest BCUT2D eigenvalue weighted by molar-refractivity contribution is -0.124. The molecule has 1 saturated carbocycles. The van der Waals surface area contributed by atoms with Crippen molar-refractivity contribution >= 4 is 23.2 Å². The molecule has 0 atom stereocenters. The van der Waals surface area contributed by atoms with Gasteiger partial charge in [0.15, 0.2) is 6.61 Å². The van der Waals surface area contributed by atoms with Gasteiger partial charge in [0, 0.05) is 10.9 Å². The highest BCUT2D eigenvalue weighted by molar-refractivity contribution is 7.14. The van der Waals surface area contributed by atoms with Crippen LogP contribution in [-0.2, 0) is 22.4 Å². The fourth-order valence-corrected chi connectivity index (χ4v) is 3.44. The maximum Gasteiger partial charge on any atom is 0.348 e. The van der Waals surface area contributed by atoms with Gasteiger partial charge in [-0.25, -0.2) is 4.79 Å². The molecule has 1 heterocycles. The lowest BCUT2D eigenvalue weighted by Gasteiger charge is -2.08. The van der Waals surface area contributed by atoms with Crippen LogP contribution >= 0.6 is 11.3 Å². The van der Waals surface area contributed by atoms with E-state index in [1.165, 1.54) is 34.6 Å². The summed E-state index contributed by atoms with van der Waals surface area (Å²) in [6, 6.07) is 2.24. The minimum atomic E-state index is -0.370. The maximum atomic E-state index is 11.9. The molecule has 19 heavy (non-hydrogen) atoms. The molecule has 0 radical (unpaired) electrons. The van der Waals surface area contributed by atoms with Gasteiger partial charge in [-0.1, -0.05) is 0 Å². The van der Waals surface area contributed by atoms with Crippen molar-refractivity contribution in [3.63, 3.8) is 0 Å². The van der Waals surface area contributed by atoms with Crippen molar-refractivity contribution in [1.29, 1.82) is 0 Å². The Balaban J connectivity index is 1.54. The van der Waals surface area contributed by atoms with Gasteiger partial charge in [0.25, 0.3) is 5.91 Å². The summed E-state index contributed by atoms with van der Waals surface area (Å²) in [5, 5.41) is 2.80. The normalized spacial score (nSPS) is 17.7. The Hall–Kier alpha value is -1.36. The zero-order chi connectivity index (χ0) is 13.2. The number of nitrogens with one attached hydrogen (secondary N) is 1. The second kappa shape index (κ2) is 5.33. The summed E-state index contributed by atoms with van der Waals surface area (Å²) >= 11 is 1.52. The van der Waals surface area contributed by atoms with Crippen LogP contribution in [-0.4, -0.2) is 24.5 Å². The number of aryl methyl sites for hydroxylation is 2. The Labute approximate surface area is 116 Å². The van der Waals surface area contributed by atoms with E-state index < -0.39 is 0 Å². The summed E-state index contributed by atoms with van der Waals surface area (Å²) in [5.41, 5.74) is 1.28. The summed E-state index contributed by atoms with van der Waals surface area (Å²) in [6.45, 7) is -0.169. The van der Waals surface area contributed by atoms with Crippen LogP contribution in [0.25, 0.3) is 0 Å². The Morgan fingerprint density at radius 1 is 1.32 bits per heavy atom. The molecule has 3 rings (SSSR count). The van der Waals surface area contributed by atoms with Crippen LogP contribution in [0.3, 0.4) is 0 Å². The van der Waals surface area contributed by atoms with E-state index in [4.69, 9.17) is 4.74 Å². The van der Waals surface area contributed by atoms with Gasteiger partial charge in [0.1, 0.15) is 4.88 Å². The quantitative estimate of drug-likeness (QED) is 0.858. The van der Waals surface area contributed by atoms with Crippen molar-refractivity contribution in [2.24, 2.45) is 0 Å². The fourth-order valence-electron chi connectivity index (χ4n) is 2.29. The number of ether oxygens (including phenoxy) is 1. The monoisotopic (exact) mass is 279 g/mol. The molecular formula is C14H17NO3S. The number of hydrogen-bond acceptors (Lipinski definition) is 4. The smallest absolute Gasteiger partial charge is 0.348 e. The standard InChI is InChI=1S/C14H17NO3S/c16-13(15-10-5-6-10)8-18-14(17)12-7-9-3-1-2-4-11(9)19-12/h7,10H,1-6,8H2,(H,15,16). The minimum absolute atomic E-state index is 0.169. The van der Waals surface area contributed by atoms with E-state index >= 15 is 0 Å². The van der Waals surface area contributed by atoms with Gasteiger partial charge in [-0.3, -0.25) is 4.79 Å². The van der Waals surface area contributed by atoms with Gasteiger partial charge in [-0.05, 0) is 50.2 Å². The second-order valence-corrected chi connectivity index (χ2v) is 6.32. The third-order valence-electron chi connectivity index (χ3n) is 3.47. The van der Waals surface area contributed by atoms with Crippen LogP contribution in [0, 0.1) is 0 Å². The Morgan fingerprint density at radius 3 is 2.84 bits per heavy atom. The van der Waals surface area contributed by atoms with Crippen molar-refractivity contribution < 1.29 is 14.3 Å². The highest BCUT2D eigenvalue weighted by Crippen LogP contribution is 2.30. The van der Waals surface area contributed by atoms with Crippen molar-refractivity contribution in [3.8, 4) is 0 Å². The average Bonchev–Trinajstić information content (AvgIpc) is 3.10. The van der Waals surface area contributed by atoms with Crippen molar-refractivity contribution in [2.75, 3.05) is 6.61 Å². The summed E-state index contributed by atoms with van der Waals surface area (Å²) in [5.74, 6) is -0.567. The molecule has 1 aromatic heterocycles. The number of carbonyl (C=O) groups excluding carboxylic acids is 2. The van der Waals surface area contributed by atoms with Gasteiger partial charge in [0.05, 0.1) is 0 Å². The summed E-state index contributed by atoms with van der Waals surface area (Å²) in [6.07, 6.45) is 6.60. The van der Waals surface area contributed by atoms with E-state index in [0.717, 1.165) is 25.7 Å². The van der Waals surface area contributed by atoms with Crippen LogP contribution < -0.4 is 5.32 Å². The van der Waals surface area contributed by atoms with Crippen LogP contribution in [0.2, 0.25) is 0 Å². The zero-order valence-corrected chi connectivity index (χ0v) is 11.6. The van der Waals surface area contributed by atoms with Gasteiger partial charge >= 0.3 is 5.97 Å². The molecule has 4 nitrogen and oxygen atoms in total. The molecule has 1 amide bonds. The third kappa shape index (κ3) is 3.15. The summed E-state index contributed by atoms with van der Waals surface area (Å²) in [4.78, 5) is 25.3. The van der Waals surface area contributed by atoms with Crippen molar-refractivity contribution in [3.05, 3.63) is 21.4 Å². The highest BCUT2D eigenvalue weighted by Gasteiger charge is 2.24. The first-order chi connectivity index (χ1) is 9.22. The van der Waals surface area contributed by atoms with E-state index in [1.807, 2.05) is 6.07 Å². The molecule has 1 fully saturated rings. The number of carbonyl (C=O) groups is 2. The Morgan fingerprint density at radius 2 is 2.11 bits per heavy atom. The lowest BCUT2D eigenvalue weighted by Crippen LogP contribution is -2.30. The number of rotatable bonds is 4.